The third-order valence-corrected chi connectivity index (χ3v) is 6.57. The lowest BCUT2D eigenvalue weighted by atomic mass is 10.0. The van der Waals surface area contributed by atoms with E-state index in [-0.39, 0.29) is 0 Å². The van der Waals surface area contributed by atoms with Gasteiger partial charge in [-0.15, -0.1) is 0 Å². The van der Waals surface area contributed by atoms with E-state index in [1.165, 1.54) is 32.3 Å². The van der Waals surface area contributed by atoms with Crippen LogP contribution in [0.4, 0.5) is 22.7 Å². The zero-order chi connectivity index (χ0) is 20.7. The maximum absolute atomic E-state index is 6.00. The highest BCUT2D eigenvalue weighted by molar-refractivity contribution is 7.99. The van der Waals surface area contributed by atoms with E-state index in [4.69, 9.17) is 11.5 Å². The number of nitrogens with two attached hydrogens (primary N) is 2. The molecule has 4 N–H and O–H groups in total. The monoisotopic (exact) mass is 409 g/mol. The van der Waals surface area contributed by atoms with Crippen molar-refractivity contribution in [2.45, 2.75) is 16.7 Å². The summed E-state index contributed by atoms with van der Waals surface area (Å²) in [4.78, 5) is 4.90. The van der Waals surface area contributed by atoms with Crippen LogP contribution in [0.1, 0.15) is 6.92 Å². The lowest BCUT2D eigenvalue weighted by Crippen LogP contribution is -2.20. The zero-order valence-corrected chi connectivity index (χ0v) is 17.6. The SMILES string of the molecule is CCN1c2ccc(-c3cccc(N)c3)cc2Sc2cc(-c3cccc(N)c3)ccc21. The number of hydrogen-bond donors (Lipinski definition) is 2. The third-order valence-electron chi connectivity index (χ3n) is 5.48. The molecule has 4 aromatic rings. The second kappa shape index (κ2) is 7.47. The van der Waals surface area contributed by atoms with E-state index < -0.39 is 0 Å². The summed E-state index contributed by atoms with van der Waals surface area (Å²) >= 11 is 1.82. The van der Waals surface area contributed by atoms with Crippen molar-refractivity contribution in [3.05, 3.63) is 84.9 Å². The van der Waals surface area contributed by atoms with Crippen molar-refractivity contribution < 1.29 is 0 Å². The number of nitrogen functional groups attached to an aromatic ring is 2. The van der Waals surface area contributed by atoms with Crippen LogP contribution >= 0.6 is 11.8 Å². The number of nitrogens with zero attached hydrogens (tertiary/aromatic N) is 1. The quantitative estimate of drug-likeness (QED) is 0.365. The topological polar surface area (TPSA) is 55.3 Å². The zero-order valence-electron chi connectivity index (χ0n) is 16.8. The van der Waals surface area contributed by atoms with Crippen molar-refractivity contribution in [1.29, 1.82) is 0 Å². The van der Waals surface area contributed by atoms with E-state index in [0.29, 0.717) is 0 Å². The Balaban J connectivity index is 1.58. The Bertz CT molecular complexity index is 1150. The summed E-state index contributed by atoms with van der Waals surface area (Å²) in [7, 11) is 0. The molecule has 0 fully saturated rings. The fraction of sp³-hybridized carbons (Fsp3) is 0.0769. The fourth-order valence-corrected chi connectivity index (χ4v) is 5.20. The highest BCUT2D eigenvalue weighted by Gasteiger charge is 2.23. The van der Waals surface area contributed by atoms with Gasteiger partial charge in [-0.2, -0.15) is 0 Å². The van der Waals surface area contributed by atoms with E-state index in [1.54, 1.807) is 0 Å². The molecule has 1 aliphatic heterocycles. The smallest absolute Gasteiger partial charge is 0.0553 e. The fourth-order valence-electron chi connectivity index (χ4n) is 4.02. The summed E-state index contributed by atoms with van der Waals surface area (Å²) < 4.78 is 0. The molecule has 0 amide bonds. The average Bonchev–Trinajstić information content (AvgIpc) is 2.76. The van der Waals surface area contributed by atoms with Crippen LogP contribution in [0.5, 0.6) is 0 Å². The third kappa shape index (κ3) is 3.29. The van der Waals surface area contributed by atoms with Gasteiger partial charge in [0.1, 0.15) is 0 Å². The van der Waals surface area contributed by atoms with Crippen molar-refractivity contribution in [1.82, 2.24) is 0 Å². The molecule has 0 bridgehead atoms. The minimum absolute atomic E-state index is 0.783. The lowest BCUT2D eigenvalue weighted by Gasteiger charge is -2.32. The van der Waals surface area contributed by atoms with Gasteiger partial charge in [0.2, 0.25) is 0 Å². The Kier molecular flexibility index (Phi) is 4.64. The van der Waals surface area contributed by atoms with Crippen LogP contribution in [0.25, 0.3) is 22.3 Å². The van der Waals surface area contributed by atoms with Gasteiger partial charge in [-0.25, -0.2) is 0 Å². The second-order valence-corrected chi connectivity index (χ2v) is 8.55. The molecule has 0 aromatic heterocycles. The van der Waals surface area contributed by atoms with Crippen LogP contribution in [0.2, 0.25) is 0 Å². The number of fused-ring (bicyclic) bond motifs is 2. The number of hydrogen-bond acceptors (Lipinski definition) is 4. The van der Waals surface area contributed by atoms with Gasteiger partial charge >= 0.3 is 0 Å². The van der Waals surface area contributed by atoms with Gasteiger partial charge in [0, 0.05) is 27.7 Å². The number of anilines is 4. The van der Waals surface area contributed by atoms with Gasteiger partial charge in [-0.3, -0.25) is 0 Å². The molecule has 0 spiro atoms. The van der Waals surface area contributed by atoms with E-state index in [9.17, 15) is 0 Å². The minimum Gasteiger partial charge on any atom is -0.399 e. The molecular formula is C26H23N3S. The van der Waals surface area contributed by atoms with Crippen molar-refractivity contribution in [3.63, 3.8) is 0 Å². The first-order valence-electron chi connectivity index (χ1n) is 10.1. The van der Waals surface area contributed by atoms with E-state index in [1.807, 2.05) is 48.2 Å². The Morgan fingerprint density at radius 1 is 0.633 bits per heavy atom. The molecule has 4 aromatic carbocycles. The van der Waals surface area contributed by atoms with E-state index in [2.05, 4.69) is 60.4 Å². The Hall–Kier alpha value is -3.37. The number of benzene rings is 4. The van der Waals surface area contributed by atoms with Crippen molar-refractivity contribution in [3.8, 4) is 22.3 Å². The first-order chi connectivity index (χ1) is 14.6. The van der Waals surface area contributed by atoms with Crippen LogP contribution < -0.4 is 16.4 Å². The van der Waals surface area contributed by atoms with Gasteiger partial charge in [-0.05, 0) is 77.7 Å². The van der Waals surface area contributed by atoms with Gasteiger partial charge < -0.3 is 16.4 Å². The molecule has 148 valence electrons. The van der Waals surface area contributed by atoms with Crippen LogP contribution in [-0.2, 0) is 0 Å². The van der Waals surface area contributed by atoms with Gasteiger partial charge in [0.25, 0.3) is 0 Å². The molecule has 0 unspecified atom stereocenters. The van der Waals surface area contributed by atoms with Crippen molar-refractivity contribution in [2.75, 3.05) is 22.9 Å². The van der Waals surface area contributed by atoms with Crippen LogP contribution in [0.3, 0.4) is 0 Å². The van der Waals surface area contributed by atoms with Crippen LogP contribution in [0, 0.1) is 0 Å². The van der Waals surface area contributed by atoms with E-state index >= 15 is 0 Å². The largest absolute Gasteiger partial charge is 0.399 e. The maximum Gasteiger partial charge on any atom is 0.0553 e. The molecular weight excluding hydrogens is 386 g/mol. The molecule has 1 heterocycles. The number of rotatable bonds is 3. The van der Waals surface area contributed by atoms with Crippen molar-refractivity contribution in [2.24, 2.45) is 0 Å². The normalized spacial score (nSPS) is 12.4. The van der Waals surface area contributed by atoms with Gasteiger partial charge in [-0.1, -0.05) is 48.2 Å². The Labute approximate surface area is 181 Å². The molecule has 5 rings (SSSR count). The summed E-state index contributed by atoms with van der Waals surface area (Å²) in [5.74, 6) is 0. The molecule has 1 aliphatic rings. The highest BCUT2D eigenvalue weighted by atomic mass is 32.2. The first kappa shape index (κ1) is 18.6. The molecule has 30 heavy (non-hydrogen) atoms. The van der Waals surface area contributed by atoms with Crippen molar-refractivity contribution >= 4 is 34.5 Å². The second-order valence-electron chi connectivity index (χ2n) is 7.46. The van der Waals surface area contributed by atoms with Gasteiger partial charge in [0.15, 0.2) is 0 Å². The van der Waals surface area contributed by atoms with Crippen LogP contribution in [0.15, 0.2) is 94.7 Å². The lowest BCUT2D eigenvalue weighted by molar-refractivity contribution is 0.980. The summed E-state index contributed by atoms with van der Waals surface area (Å²) in [6.07, 6.45) is 0. The van der Waals surface area contributed by atoms with E-state index in [0.717, 1.165) is 29.0 Å². The summed E-state index contributed by atoms with van der Waals surface area (Å²) in [6, 6.07) is 29.5. The first-order valence-corrected chi connectivity index (χ1v) is 10.9. The molecule has 0 saturated heterocycles. The Morgan fingerprint density at radius 2 is 1.10 bits per heavy atom. The van der Waals surface area contributed by atoms with Gasteiger partial charge in [0.05, 0.1) is 11.4 Å². The molecule has 4 heteroatoms. The predicted molar refractivity (Wildman–Crippen MR) is 129 cm³/mol. The maximum atomic E-state index is 6.00. The molecule has 0 radical (unpaired) electrons. The molecule has 3 nitrogen and oxygen atoms in total. The summed E-state index contributed by atoms with van der Waals surface area (Å²) in [6.45, 7) is 3.11. The van der Waals surface area contributed by atoms with Crippen LogP contribution in [-0.4, -0.2) is 6.54 Å². The standard InChI is InChI=1S/C26H23N3S/c1-2-29-23-11-9-19(17-5-3-7-21(27)13-17)15-25(23)30-26-16-20(10-12-24(26)29)18-6-4-8-22(28)14-18/h3-16H,2,27-28H2,1H3. The molecule has 0 saturated carbocycles. The minimum atomic E-state index is 0.783. The average molecular weight is 410 g/mol. The molecule has 0 aliphatic carbocycles. The molecule has 0 atom stereocenters. The summed E-state index contributed by atoms with van der Waals surface area (Å²) in [5, 5.41) is 0. The summed E-state index contributed by atoms with van der Waals surface area (Å²) in [5.41, 5.74) is 20.7. The predicted octanol–water partition coefficient (Wildman–Crippen LogP) is 6.81. The highest BCUT2D eigenvalue weighted by Crippen LogP contribution is 2.50. The Morgan fingerprint density at radius 3 is 1.53 bits per heavy atom.